The minimum Gasteiger partial charge on any atom is -0.484 e. The number of rotatable bonds is 6. The van der Waals surface area contributed by atoms with Gasteiger partial charge in [0.2, 0.25) is 0 Å². The van der Waals surface area contributed by atoms with Crippen molar-refractivity contribution in [1.82, 2.24) is 5.32 Å². The van der Waals surface area contributed by atoms with Crippen LogP contribution >= 0.6 is 0 Å². The van der Waals surface area contributed by atoms with Crippen LogP contribution < -0.4 is 10.1 Å². The van der Waals surface area contributed by atoms with E-state index in [2.05, 4.69) is 5.32 Å². The third-order valence-corrected chi connectivity index (χ3v) is 3.17. The van der Waals surface area contributed by atoms with Gasteiger partial charge in [0.15, 0.2) is 6.61 Å². The molecule has 2 rings (SSSR count). The summed E-state index contributed by atoms with van der Waals surface area (Å²) in [7, 11) is 0. The third kappa shape index (κ3) is 3.71. The Morgan fingerprint density at radius 3 is 2.70 bits per heavy atom. The number of aliphatic hydroxyl groups is 1. The molecule has 0 aromatic heterocycles. The van der Waals surface area contributed by atoms with Gasteiger partial charge in [0, 0.05) is 0 Å². The summed E-state index contributed by atoms with van der Waals surface area (Å²) >= 11 is 0. The van der Waals surface area contributed by atoms with Crippen molar-refractivity contribution >= 4 is 16.7 Å². The second kappa shape index (κ2) is 6.91. The van der Waals surface area contributed by atoms with Crippen LogP contribution in [0.3, 0.4) is 0 Å². The highest BCUT2D eigenvalue weighted by Gasteiger charge is 2.09. The zero-order valence-corrected chi connectivity index (χ0v) is 11.5. The van der Waals surface area contributed by atoms with Crippen molar-refractivity contribution in [2.45, 2.75) is 19.4 Å². The number of ether oxygens (including phenoxy) is 1. The van der Waals surface area contributed by atoms with Gasteiger partial charge in [-0.2, -0.15) is 0 Å². The van der Waals surface area contributed by atoms with Crippen LogP contribution in [0.1, 0.15) is 13.3 Å². The van der Waals surface area contributed by atoms with Crippen LogP contribution in [0.4, 0.5) is 0 Å². The summed E-state index contributed by atoms with van der Waals surface area (Å²) in [5.41, 5.74) is 0. The Hall–Kier alpha value is -2.07. The summed E-state index contributed by atoms with van der Waals surface area (Å²) in [6.07, 6.45) is 0.693. The van der Waals surface area contributed by atoms with Crippen molar-refractivity contribution in [3.8, 4) is 5.75 Å². The molecule has 0 bridgehead atoms. The van der Waals surface area contributed by atoms with Crippen molar-refractivity contribution in [3.05, 3.63) is 42.5 Å². The molecule has 106 valence electrons. The molecule has 1 amide bonds. The lowest BCUT2D eigenvalue weighted by atomic mass is 10.1. The van der Waals surface area contributed by atoms with Crippen molar-refractivity contribution in [1.29, 1.82) is 0 Å². The summed E-state index contributed by atoms with van der Waals surface area (Å²) in [6, 6.07) is 13.5. The van der Waals surface area contributed by atoms with Crippen LogP contribution in [-0.2, 0) is 4.79 Å². The molecule has 0 spiro atoms. The van der Waals surface area contributed by atoms with E-state index in [1.54, 1.807) is 0 Å². The molecule has 0 saturated heterocycles. The molecule has 2 aromatic carbocycles. The Bertz CT molecular complexity index is 579. The highest BCUT2D eigenvalue weighted by molar-refractivity contribution is 5.84. The number of benzene rings is 2. The predicted molar refractivity (Wildman–Crippen MR) is 78.8 cm³/mol. The van der Waals surface area contributed by atoms with Crippen molar-refractivity contribution in [3.63, 3.8) is 0 Å². The molecule has 0 heterocycles. The van der Waals surface area contributed by atoms with E-state index in [0.29, 0.717) is 12.2 Å². The normalized spacial score (nSPS) is 12.1. The smallest absolute Gasteiger partial charge is 0.258 e. The molecule has 0 aliphatic rings. The van der Waals surface area contributed by atoms with Crippen LogP contribution in [0.5, 0.6) is 5.75 Å². The average molecular weight is 273 g/mol. The summed E-state index contributed by atoms with van der Waals surface area (Å²) in [6.45, 7) is 1.80. The van der Waals surface area contributed by atoms with Crippen LogP contribution in [0.15, 0.2) is 42.5 Å². The fourth-order valence-electron chi connectivity index (χ4n) is 1.95. The maximum Gasteiger partial charge on any atom is 0.258 e. The number of carbonyl (C=O) groups is 1. The van der Waals surface area contributed by atoms with Gasteiger partial charge in [-0.1, -0.05) is 37.3 Å². The first kappa shape index (κ1) is 14.3. The van der Waals surface area contributed by atoms with Gasteiger partial charge < -0.3 is 15.2 Å². The zero-order valence-electron chi connectivity index (χ0n) is 11.5. The van der Waals surface area contributed by atoms with E-state index < -0.39 is 0 Å². The number of carbonyl (C=O) groups excluding carboxylic acids is 1. The van der Waals surface area contributed by atoms with Crippen LogP contribution in [0.2, 0.25) is 0 Å². The molecule has 0 aliphatic heterocycles. The SMILES string of the molecule is CC[C@H](CO)NC(=O)COc1ccc2ccccc2c1. The van der Waals surface area contributed by atoms with Crippen LogP contribution in [-0.4, -0.2) is 30.3 Å². The van der Waals surface area contributed by atoms with Crippen molar-refractivity contribution in [2.24, 2.45) is 0 Å². The molecule has 0 saturated carbocycles. The number of amides is 1. The molecule has 4 heteroatoms. The standard InChI is InChI=1S/C16H19NO3/c1-2-14(10-18)17-16(19)11-20-15-8-7-12-5-3-4-6-13(12)9-15/h3-9,14,18H,2,10-11H2,1H3,(H,17,19)/t14-/m1/s1. The predicted octanol–water partition coefficient (Wildman–Crippen LogP) is 2.11. The first-order chi connectivity index (χ1) is 9.72. The molecule has 2 N–H and O–H groups in total. The van der Waals surface area contributed by atoms with Gasteiger partial charge in [0.25, 0.3) is 5.91 Å². The van der Waals surface area contributed by atoms with Crippen LogP contribution in [0, 0.1) is 0 Å². The first-order valence-electron chi connectivity index (χ1n) is 6.74. The fourth-order valence-corrected chi connectivity index (χ4v) is 1.95. The molecule has 20 heavy (non-hydrogen) atoms. The number of nitrogens with one attached hydrogen (secondary N) is 1. The van der Waals surface area contributed by atoms with E-state index in [-0.39, 0.29) is 25.2 Å². The van der Waals surface area contributed by atoms with Gasteiger partial charge in [-0.15, -0.1) is 0 Å². The van der Waals surface area contributed by atoms with E-state index >= 15 is 0 Å². The van der Waals surface area contributed by atoms with E-state index in [0.717, 1.165) is 10.8 Å². The minimum atomic E-state index is -0.223. The largest absolute Gasteiger partial charge is 0.484 e. The molecule has 2 aromatic rings. The highest BCUT2D eigenvalue weighted by Crippen LogP contribution is 2.20. The summed E-state index contributed by atoms with van der Waals surface area (Å²) in [5, 5.41) is 13.9. The molecule has 0 radical (unpaired) electrons. The Kier molecular flexibility index (Phi) is 4.96. The lowest BCUT2D eigenvalue weighted by molar-refractivity contribution is -0.124. The molecule has 0 aliphatic carbocycles. The maximum atomic E-state index is 11.7. The van der Waals surface area contributed by atoms with Gasteiger partial charge in [-0.3, -0.25) is 4.79 Å². The van der Waals surface area contributed by atoms with Crippen molar-refractivity contribution < 1.29 is 14.6 Å². The second-order valence-corrected chi connectivity index (χ2v) is 4.65. The monoisotopic (exact) mass is 273 g/mol. The van der Waals surface area contributed by atoms with Gasteiger partial charge in [0.05, 0.1) is 12.6 Å². The van der Waals surface area contributed by atoms with Gasteiger partial charge in [-0.25, -0.2) is 0 Å². The minimum absolute atomic E-state index is 0.0468. The summed E-state index contributed by atoms with van der Waals surface area (Å²) in [4.78, 5) is 11.7. The Balaban J connectivity index is 1.93. The Labute approximate surface area is 118 Å². The summed E-state index contributed by atoms with van der Waals surface area (Å²) in [5.74, 6) is 0.440. The van der Waals surface area contributed by atoms with Gasteiger partial charge >= 0.3 is 0 Å². The quantitative estimate of drug-likeness (QED) is 0.847. The molecule has 0 unspecified atom stereocenters. The Morgan fingerprint density at radius 1 is 1.25 bits per heavy atom. The number of fused-ring (bicyclic) bond motifs is 1. The molecular formula is C16H19NO3. The molecule has 4 nitrogen and oxygen atoms in total. The molecule has 0 fully saturated rings. The summed E-state index contributed by atoms with van der Waals surface area (Å²) < 4.78 is 5.47. The molecule has 1 atom stereocenters. The number of hydrogen-bond acceptors (Lipinski definition) is 3. The number of aliphatic hydroxyl groups excluding tert-OH is 1. The first-order valence-corrected chi connectivity index (χ1v) is 6.74. The Morgan fingerprint density at radius 2 is 2.00 bits per heavy atom. The topological polar surface area (TPSA) is 58.6 Å². The van der Waals surface area contributed by atoms with Gasteiger partial charge in [0.1, 0.15) is 5.75 Å². The number of hydrogen-bond donors (Lipinski definition) is 2. The molecular weight excluding hydrogens is 254 g/mol. The lowest BCUT2D eigenvalue weighted by Crippen LogP contribution is -2.39. The van der Waals surface area contributed by atoms with E-state index in [9.17, 15) is 4.79 Å². The average Bonchev–Trinajstić information content (AvgIpc) is 2.50. The zero-order chi connectivity index (χ0) is 14.4. The van der Waals surface area contributed by atoms with E-state index in [1.165, 1.54) is 0 Å². The maximum absolute atomic E-state index is 11.7. The van der Waals surface area contributed by atoms with Crippen molar-refractivity contribution in [2.75, 3.05) is 13.2 Å². The fraction of sp³-hybridized carbons (Fsp3) is 0.312. The van der Waals surface area contributed by atoms with E-state index in [1.807, 2.05) is 49.4 Å². The highest BCUT2D eigenvalue weighted by atomic mass is 16.5. The van der Waals surface area contributed by atoms with Gasteiger partial charge in [-0.05, 0) is 29.3 Å². The van der Waals surface area contributed by atoms with Crippen LogP contribution in [0.25, 0.3) is 10.8 Å². The third-order valence-electron chi connectivity index (χ3n) is 3.17. The van der Waals surface area contributed by atoms with E-state index in [4.69, 9.17) is 9.84 Å². The second-order valence-electron chi connectivity index (χ2n) is 4.65. The lowest BCUT2D eigenvalue weighted by Gasteiger charge is -2.14.